The van der Waals surface area contributed by atoms with Crippen molar-refractivity contribution in [3.63, 3.8) is 0 Å². The molecule has 0 aliphatic carbocycles. The van der Waals surface area contributed by atoms with Crippen LogP contribution in [0.2, 0.25) is 0 Å². The van der Waals surface area contributed by atoms with E-state index in [9.17, 15) is 14.9 Å². The Morgan fingerprint density at radius 3 is 2.23 bits per heavy atom. The van der Waals surface area contributed by atoms with Gasteiger partial charge in [0.05, 0.1) is 4.92 Å². The first-order valence-electron chi connectivity index (χ1n) is 3.64. The second-order valence-electron chi connectivity index (χ2n) is 2.45. The Morgan fingerprint density at radius 1 is 1.46 bits per heavy atom. The topological polar surface area (TPSA) is 60.2 Å². The van der Waals surface area contributed by atoms with Gasteiger partial charge in [-0.05, 0) is 6.92 Å². The van der Waals surface area contributed by atoms with Gasteiger partial charge in [-0.1, -0.05) is 19.2 Å². The lowest BCUT2D eigenvalue weighted by atomic mass is 10.1. The molecule has 4 heteroatoms. The summed E-state index contributed by atoms with van der Waals surface area (Å²) in [6.45, 7) is 8.07. The van der Waals surface area contributed by atoms with Crippen molar-refractivity contribution in [2.75, 3.05) is 0 Å². The average molecular weight is 181 g/mol. The van der Waals surface area contributed by atoms with Crippen LogP contribution in [0.1, 0.15) is 13.3 Å². The van der Waals surface area contributed by atoms with Gasteiger partial charge in [0.25, 0.3) is 5.70 Å². The van der Waals surface area contributed by atoms with Crippen LogP contribution < -0.4 is 0 Å². The average Bonchev–Trinajstić information content (AvgIpc) is 2.02. The van der Waals surface area contributed by atoms with Gasteiger partial charge >= 0.3 is 0 Å². The van der Waals surface area contributed by atoms with Gasteiger partial charge in [-0.2, -0.15) is 0 Å². The summed E-state index contributed by atoms with van der Waals surface area (Å²) in [6, 6.07) is 0. The standard InChI is InChI=1S/C9H11NO3/c1-4-8(6-7(3)11)9(5-2)10(12)13/h4-5H,1-2,6H2,3H3/b9-8-. The third-order valence-corrected chi connectivity index (χ3v) is 1.40. The number of rotatable bonds is 5. The van der Waals surface area contributed by atoms with E-state index in [1.165, 1.54) is 13.0 Å². The summed E-state index contributed by atoms with van der Waals surface area (Å²) in [5, 5.41) is 10.4. The highest BCUT2D eigenvalue weighted by Crippen LogP contribution is 2.12. The van der Waals surface area contributed by atoms with Gasteiger partial charge in [-0.25, -0.2) is 0 Å². The lowest BCUT2D eigenvalue weighted by molar-refractivity contribution is -0.420. The molecule has 70 valence electrons. The molecule has 0 radical (unpaired) electrons. The molecule has 0 saturated heterocycles. The van der Waals surface area contributed by atoms with E-state index in [2.05, 4.69) is 13.2 Å². The first-order chi connectivity index (χ1) is 6.02. The van der Waals surface area contributed by atoms with Crippen molar-refractivity contribution >= 4 is 5.78 Å². The molecule has 0 unspecified atom stereocenters. The quantitative estimate of drug-likeness (QED) is 0.369. The molecular weight excluding hydrogens is 170 g/mol. The maximum Gasteiger partial charge on any atom is 0.272 e. The minimum Gasteiger partial charge on any atom is -0.300 e. The van der Waals surface area contributed by atoms with E-state index in [0.29, 0.717) is 5.57 Å². The number of carbonyl (C=O) groups is 1. The number of hydrogen-bond acceptors (Lipinski definition) is 3. The molecule has 0 amide bonds. The highest BCUT2D eigenvalue weighted by molar-refractivity contribution is 5.79. The number of hydrogen-bond donors (Lipinski definition) is 0. The molecule has 0 rings (SSSR count). The highest BCUT2D eigenvalue weighted by atomic mass is 16.6. The van der Waals surface area contributed by atoms with Crippen molar-refractivity contribution in [3.8, 4) is 0 Å². The number of nitrogens with zero attached hydrogens (tertiary/aromatic N) is 1. The molecular formula is C9H11NO3. The second-order valence-corrected chi connectivity index (χ2v) is 2.45. The van der Waals surface area contributed by atoms with E-state index >= 15 is 0 Å². The lowest BCUT2D eigenvalue weighted by Crippen LogP contribution is -2.02. The van der Waals surface area contributed by atoms with Crippen LogP contribution in [-0.4, -0.2) is 10.7 Å². The van der Waals surface area contributed by atoms with Crippen molar-refractivity contribution in [1.82, 2.24) is 0 Å². The van der Waals surface area contributed by atoms with Gasteiger partial charge in [0, 0.05) is 18.1 Å². The first kappa shape index (κ1) is 11.3. The predicted molar refractivity (Wildman–Crippen MR) is 49.7 cm³/mol. The Bertz CT molecular complexity index is 289. The summed E-state index contributed by atoms with van der Waals surface area (Å²) in [5.74, 6) is -0.142. The molecule has 0 N–H and O–H groups in total. The molecule has 0 aromatic rings. The van der Waals surface area contributed by atoms with Gasteiger partial charge in [-0.15, -0.1) is 0 Å². The number of carbonyl (C=O) groups excluding carboxylic acids is 1. The molecule has 13 heavy (non-hydrogen) atoms. The molecule has 0 aliphatic heterocycles. The van der Waals surface area contributed by atoms with Crippen molar-refractivity contribution in [3.05, 3.63) is 46.7 Å². The van der Waals surface area contributed by atoms with E-state index in [-0.39, 0.29) is 17.9 Å². The Morgan fingerprint density at radius 2 is 2.00 bits per heavy atom. The third-order valence-electron chi connectivity index (χ3n) is 1.40. The van der Waals surface area contributed by atoms with Crippen LogP contribution in [0.5, 0.6) is 0 Å². The Hall–Kier alpha value is -1.71. The third kappa shape index (κ3) is 3.46. The van der Waals surface area contributed by atoms with Crippen LogP contribution in [0.3, 0.4) is 0 Å². The number of nitro groups is 1. The monoisotopic (exact) mass is 181 g/mol. The molecule has 0 saturated carbocycles. The largest absolute Gasteiger partial charge is 0.300 e. The zero-order chi connectivity index (χ0) is 10.4. The SMILES string of the molecule is C=C/C(CC(C)=O)=C(\C=C)[N+](=O)[O-]. The van der Waals surface area contributed by atoms with Gasteiger partial charge in [-0.3, -0.25) is 14.9 Å². The zero-order valence-corrected chi connectivity index (χ0v) is 7.45. The fourth-order valence-corrected chi connectivity index (χ4v) is 0.858. The predicted octanol–water partition coefficient (Wildman–Crippen LogP) is 1.87. The smallest absolute Gasteiger partial charge is 0.272 e. The van der Waals surface area contributed by atoms with E-state index in [1.807, 2.05) is 0 Å². The van der Waals surface area contributed by atoms with Crippen LogP contribution in [0, 0.1) is 10.1 Å². The fourth-order valence-electron chi connectivity index (χ4n) is 0.858. The first-order valence-corrected chi connectivity index (χ1v) is 3.64. The molecule has 0 bridgehead atoms. The Labute approximate surface area is 76.4 Å². The van der Waals surface area contributed by atoms with E-state index in [4.69, 9.17) is 0 Å². The zero-order valence-electron chi connectivity index (χ0n) is 7.45. The van der Waals surface area contributed by atoms with Gasteiger partial charge in [0.1, 0.15) is 5.78 Å². The van der Waals surface area contributed by atoms with Gasteiger partial charge in [0.15, 0.2) is 0 Å². The van der Waals surface area contributed by atoms with Crippen LogP contribution >= 0.6 is 0 Å². The maximum absolute atomic E-state index is 10.7. The molecule has 0 fully saturated rings. The van der Waals surface area contributed by atoms with Crippen LogP contribution in [0.4, 0.5) is 0 Å². The highest BCUT2D eigenvalue weighted by Gasteiger charge is 2.13. The number of ketones is 1. The van der Waals surface area contributed by atoms with E-state index < -0.39 is 4.92 Å². The van der Waals surface area contributed by atoms with Crippen molar-refractivity contribution < 1.29 is 9.72 Å². The molecule has 0 aromatic carbocycles. The van der Waals surface area contributed by atoms with Crippen LogP contribution in [0.15, 0.2) is 36.6 Å². The van der Waals surface area contributed by atoms with E-state index in [1.54, 1.807) is 0 Å². The Kier molecular flexibility index (Phi) is 4.37. The summed E-state index contributed by atoms with van der Waals surface area (Å²) in [6.07, 6.45) is 2.44. The normalized spacial score (nSPS) is 11.5. The molecule has 0 heterocycles. The molecule has 0 atom stereocenters. The minimum absolute atomic E-state index is 0.0197. The van der Waals surface area contributed by atoms with Crippen LogP contribution in [-0.2, 0) is 4.79 Å². The summed E-state index contributed by atoms with van der Waals surface area (Å²) in [4.78, 5) is 20.6. The maximum atomic E-state index is 10.7. The van der Waals surface area contributed by atoms with E-state index in [0.717, 1.165) is 6.08 Å². The minimum atomic E-state index is -0.576. The summed E-state index contributed by atoms with van der Waals surface area (Å²) >= 11 is 0. The van der Waals surface area contributed by atoms with Crippen molar-refractivity contribution in [2.45, 2.75) is 13.3 Å². The van der Waals surface area contributed by atoms with Crippen molar-refractivity contribution in [2.24, 2.45) is 0 Å². The Balaban J connectivity index is 5.04. The lowest BCUT2D eigenvalue weighted by Gasteiger charge is -1.98. The van der Waals surface area contributed by atoms with Gasteiger partial charge < -0.3 is 0 Å². The summed E-state index contributed by atoms with van der Waals surface area (Å²) in [5.41, 5.74) is 0.137. The molecule has 0 spiro atoms. The second kappa shape index (κ2) is 5.03. The molecule has 0 aliphatic rings. The van der Waals surface area contributed by atoms with Crippen LogP contribution in [0.25, 0.3) is 0 Å². The summed E-state index contributed by atoms with van der Waals surface area (Å²) < 4.78 is 0. The summed E-state index contributed by atoms with van der Waals surface area (Å²) in [7, 11) is 0. The number of allylic oxidation sites excluding steroid dienone is 3. The molecule has 4 nitrogen and oxygen atoms in total. The fraction of sp³-hybridized carbons (Fsp3) is 0.222. The molecule has 0 aromatic heterocycles. The van der Waals surface area contributed by atoms with Gasteiger partial charge in [0.2, 0.25) is 0 Å². The number of Topliss-reactive ketones (excluding diaryl/α,β-unsaturated/α-hetero) is 1. The van der Waals surface area contributed by atoms with Crippen molar-refractivity contribution in [1.29, 1.82) is 0 Å².